The molecule has 19 nitrogen and oxygen atoms in total. The van der Waals surface area contributed by atoms with E-state index in [1.54, 1.807) is 109 Å². The quantitative estimate of drug-likeness (QED) is 0.0453. The average molecular weight is 1370 g/mol. The SMILES string of the molecule is COC1CC(C(=O)Nc2ccc(-c3cc(C)c(=O)n(C)c3)cc2NCCOCC(F)(F)F)C1.COC1CC(c2nc3ccc(-c4cc(C)c(=O)n(C)c4)cc3n2CCOCC(F)(F)F)C1.COC1CC(c2nc3ccc(-c4cc(C)c(=O)n(C)c4)cc3n2CCOCC(F)(F)F)C1. The summed E-state index contributed by atoms with van der Waals surface area (Å²) in [4.78, 5) is 58.3. The van der Waals surface area contributed by atoms with Crippen LogP contribution in [0.2, 0.25) is 0 Å². The van der Waals surface area contributed by atoms with Crippen LogP contribution < -0.4 is 27.3 Å². The van der Waals surface area contributed by atoms with Crippen LogP contribution in [0.15, 0.2) is 106 Å². The number of aryl methyl sites for hydroxylation is 6. The van der Waals surface area contributed by atoms with Crippen molar-refractivity contribution in [2.24, 2.45) is 27.1 Å². The summed E-state index contributed by atoms with van der Waals surface area (Å²) in [6.45, 7) is 1.76. The van der Waals surface area contributed by atoms with Gasteiger partial charge in [0.15, 0.2) is 0 Å². The standard InChI is InChI=1S/C23H28F3N3O4.2C23H26F3N3O3/c1-14-8-17(12-29(2)22(14)31)15-4-5-19(28-21(30)16-9-18(10-16)32-3)20(11-15)27-6-7-33-13-23(24,25)26;2*1-14-8-17(12-28(2)22(14)30)15-4-5-19-20(11-15)29(6-7-32-13-23(24,25)26)21(27-19)16-9-18(10-16)31-3/h4-5,8,11-12,16,18,27H,6-7,9-10,13H2,1-3H3,(H,28,30);2*4-5,8,11-12,16,18H,6-7,9-10,13H2,1-3H3. The normalized spacial score (nSPS) is 18.5. The monoisotopic (exact) mass is 1370 g/mol. The number of ether oxygens (including phenoxy) is 6. The summed E-state index contributed by atoms with van der Waals surface area (Å²) in [6, 6.07) is 22.5. The highest BCUT2D eigenvalue weighted by atomic mass is 19.4. The highest BCUT2D eigenvalue weighted by Gasteiger charge is 2.38. The number of alkyl halides is 9. The van der Waals surface area contributed by atoms with E-state index in [4.69, 9.17) is 33.7 Å². The third-order valence-electron chi connectivity index (χ3n) is 17.6. The van der Waals surface area contributed by atoms with Gasteiger partial charge in [0.25, 0.3) is 16.7 Å². The number of rotatable bonds is 23. The van der Waals surface area contributed by atoms with E-state index in [1.807, 2.05) is 63.7 Å². The number of pyridine rings is 3. The first-order valence-electron chi connectivity index (χ1n) is 31.6. The lowest BCUT2D eigenvalue weighted by molar-refractivity contribution is -0.174. The molecule has 3 saturated carbocycles. The number of carbonyl (C=O) groups is 1. The molecule has 3 fully saturated rings. The number of amides is 1. The highest BCUT2D eigenvalue weighted by molar-refractivity contribution is 5.97. The summed E-state index contributed by atoms with van der Waals surface area (Å²) >= 11 is 0. The molecule has 1 amide bonds. The van der Waals surface area contributed by atoms with E-state index in [-0.39, 0.29) is 98.1 Å². The van der Waals surface area contributed by atoms with E-state index in [1.165, 1.54) is 4.57 Å². The molecule has 3 aromatic carbocycles. The Kier molecular flexibility index (Phi) is 23.5. The molecular formula is C69H80F9N9O10. The molecule has 5 aromatic heterocycles. The summed E-state index contributed by atoms with van der Waals surface area (Å²) < 4.78 is 151. The van der Waals surface area contributed by atoms with Crippen LogP contribution in [0.4, 0.5) is 50.9 Å². The lowest BCUT2D eigenvalue weighted by Gasteiger charge is -2.33. The molecule has 0 aliphatic heterocycles. The molecule has 2 N–H and O–H groups in total. The van der Waals surface area contributed by atoms with Gasteiger partial charge in [0, 0.05) is 115 Å². The minimum atomic E-state index is -4.39. The third kappa shape index (κ3) is 18.7. The van der Waals surface area contributed by atoms with Crippen LogP contribution in [0.1, 0.15) is 78.7 Å². The van der Waals surface area contributed by atoms with E-state index in [9.17, 15) is 58.7 Å². The van der Waals surface area contributed by atoms with Crippen molar-refractivity contribution in [1.82, 2.24) is 32.8 Å². The summed E-state index contributed by atoms with van der Waals surface area (Å²) in [7, 11) is 10.0. The fourth-order valence-corrected chi connectivity index (χ4v) is 12.1. The van der Waals surface area contributed by atoms with Crippen molar-refractivity contribution in [2.45, 2.75) is 121 Å². The summed E-state index contributed by atoms with van der Waals surface area (Å²) in [6.07, 6.45) is -2.78. The smallest absolute Gasteiger partial charge is 0.381 e. The molecule has 11 rings (SSSR count). The predicted molar refractivity (Wildman–Crippen MR) is 349 cm³/mol. The summed E-state index contributed by atoms with van der Waals surface area (Å²) in [5.74, 6) is 1.79. The number of halogens is 9. The first kappa shape index (κ1) is 73.1. The Morgan fingerprint density at radius 1 is 0.485 bits per heavy atom. The number of methoxy groups -OCH3 is 3. The molecule has 3 aliphatic rings. The Balaban J connectivity index is 0.000000170. The van der Waals surface area contributed by atoms with Gasteiger partial charge in [0.1, 0.15) is 31.5 Å². The second-order valence-electron chi connectivity index (χ2n) is 24.9. The van der Waals surface area contributed by atoms with Crippen molar-refractivity contribution in [1.29, 1.82) is 0 Å². The van der Waals surface area contributed by atoms with E-state index in [0.717, 1.165) is 92.8 Å². The van der Waals surface area contributed by atoms with Crippen LogP contribution in [-0.4, -0.2) is 143 Å². The van der Waals surface area contributed by atoms with Gasteiger partial charge in [-0.15, -0.1) is 0 Å². The Morgan fingerprint density at radius 2 is 0.845 bits per heavy atom. The fraction of sp³-hybridized carbons (Fsp3) is 0.478. The number of benzene rings is 3. The molecule has 0 spiro atoms. The average Bonchev–Trinajstić information content (AvgIpc) is 1.63. The largest absolute Gasteiger partial charge is 0.411 e. The predicted octanol–water partition coefficient (Wildman–Crippen LogP) is 12.1. The van der Waals surface area contributed by atoms with E-state index >= 15 is 0 Å². The van der Waals surface area contributed by atoms with Crippen molar-refractivity contribution in [3.05, 3.63) is 151 Å². The van der Waals surface area contributed by atoms with Gasteiger partial charge < -0.3 is 61.9 Å². The van der Waals surface area contributed by atoms with E-state index in [0.29, 0.717) is 40.9 Å². The van der Waals surface area contributed by atoms with Gasteiger partial charge in [0.2, 0.25) is 5.91 Å². The summed E-state index contributed by atoms with van der Waals surface area (Å²) in [5.41, 5.74) is 11.1. The Bertz CT molecular complexity index is 3990. The van der Waals surface area contributed by atoms with Gasteiger partial charge in [0.05, 0.1) is 71.6 Å². The van der Waals surface area contributed by atoms with Gasteiger partial charge in [-0.05, 0) is 147 Å². The number of nitrogens with one attached hydrogen (secondary N) is 2. The molecule has 0 unspecified atom stereocenters. The molecular weight excluding hydrogens is 1290 g/mol. The maximum absolute atomic E-state index is 12.6. The molecule has 3 aliphatic carbocycles. The van der Waals surface area contributed by atoms with Crippen molar-refractivity contribution in [2.75, 3.05) is 78.1 Å². The first-order chi connectivity index (χ1) is 45.9. The van der Waals surface area contributed by atoms with Gasteiger partial charge in [-0.25, -0.2) is 9.97 Å². The maximum Gasteiger partial charge on any atom is 0.411 e. The Morgan fingerprint density at radius 3 is 1.22 bits per heavy atom. The molecule has 0 radical (unpaired) electrons. The molecule has 97 heavy (non-hydrogen) atoms. The van der Waals surface area contributed by atoms with Gasteiger partial charge >= 0.3 is 18.5 Å². The first-order valence-corrected chi connectivity index (χ1v) is 31.6. The number of anilines is 2. The molecule has 524 valence electrons. The topological polar surface area (TPSA) is 198 Å². The zero-order valence-electron chi connectivity index (χ0n) is 55.3. The minimum absolute atomic E-state index is 0.0540. The van der Waals surface area contributed by atoms with Crippen molar-refractivity contribution >= 4 is 39.3 Å². The molecule has 5 heterocycles. The van der Waals surface area contributed by atoms with Crippen LogP contribution in [0.3, 0.4) is 0 Å². The summed E-state index contributed by atoms with van der Waals surface area (Å²) in [5, 5.41) is 5.95. The fourth-order valence-electron chi connectivity index (χ4n) is 12.1. The third-order valence-corrected chi connectivity index (χ3v) is 17.6. The number of nitrogens with zero attached hydrogens (tertiary/aromatic N) is 7. The van der Waals surface area contributed by atoms with Crippen molar-refractivity contribution < 1.29 is 72.7 Å². The molecule has 0 saturated heterocycles. The van der Waals surface area contributed by atoms with Gasteiger partial charge in [-0.3, -0.25) is 19.2 Å². The van der Waals surface area contributed by atoms with Crippen molar-refractivity contribution in [3.63, 3.8) is 0 Å². The lowest BCUT2D eigenvalue weighted by atomic mass is 9.81. The number of fused-ring (bicyclic) bond motifs is 2. The number of hydrogen-bond donors (Lipinski definition) is 2. The zero-order chi connectivity index (χ0) is 70.3. The second kappa shape index (κ2) is 31.2. The van der Waals surface area contributed by atoms with Gasteiger partial charge in [-0.2, -0.15) is 39.5 Å². The lowest BCUT2D eigenvalue weighted by Crippen LogP contribution is -2.38. The minimum Gasteiger partial charge on any atom is -0.381 e. The number of imidazole rings is 2. The maximum atomic E-state index is 12.6. The Hall–Kier alpha value is -8.15. The Labute approximate surface area is 553 Å². The van der Waals surface area contributed by atoms with E-state index < -0.39 is 38.3 Å². The van der Waals surface area contributed by atoms with Crippen LogP contribution in [0, 0.1) is 26.7 Å². The van der Waals surface area contributed by atoms with Crippen LogP contribution in [0.5, 0.6) is 0 Å². The number of hydrogen-bond acceptors (Lipinski definition) is 13. The molecule has 28 heteroatoms. The van der Waals surface area contributed by atoms with Crippen molar-refractivity contribution in [3.8, 4) is 33.4 Å². The van der Waals surface area contributed by atoms with E-state index in [2.05, 4.69) is 15.4 Å². The van der Waals surface area contributed by atoms with Gasteiger partial charge in [-0.1, -0.05) is 18.2 Å². The second-order valence-corrected chi connectivity index (χ2v) is 24.9. The number of carbonyl (C=O) groups excluding carboxylic acids is 1. The molecule has 0 atom stereocenters. The highest BCUT2D eigenvalue weighted by Crippen LogP contribution is 2.42. The van der Waals surface area contributed by atoms with Crippen LogP contribution in [-0.2, 0) is 67.4 Å². The zero-order valence-corrected chi connectivity index (χ0v) is 55.3. The number of aromatic nitrogens is 7. The molecule has 0 bridgehead atoms. The van der Waals surface area contributed by atoms with Crippen LogP contribution >= 0.6 is 0 Å². The van der Waals surface area contributed by atoms with Crippen LogP contribution in [0.25, 0.3) is 55.4 Å². The molecule has 8 aromatic rings.